The quantitative estimate of drug-likeness (QED) is 0.653. The van der Waals surface area contributed by atoms with Gasteiger partial charge in [-0.15, -0.1) is 0 Å². The lowest BCUT2D eigenvalue weighted by molar-refractivity contribution is -0.139. The van der Waals surface area contributed by atoms with E-state index >= 15 is 0 Å². The van der Waals surface area contributed by atoms with Gasteiger partial charge in [-0.05, 0) is 19.4 Å². The summed E-state index contributed by atoms with van der Waals surface area (Å²) >= 11 is 0. The fraction of sp³-hybridized carbons (Fsp3) is 0.556. The molecule has 0 fully saturated rings. The van der Waals surface area contributed by atoms with Gasteiger partial charge in [0.25, 0.3) is 0 Å². The minimum Gasteiger partial charge on any atom is -0.469 e. The van der Waals surface area contributed by atoms with E-state index in [1.807, 2.05) is 24.7 Å². The predicted octanol–water partition coefficient (Wildman–Crippen LogP) is 0.927. The van der Waals surface area contributed by atoms with Crippen LogP contribution in [0.1, 0.15) is 18.2 Å². The van der Waals surface area contributed by atoms with Crippen molar-refractivity contribution < 1.29 is 9.53 Å². The number of rotatable bonds is 3. The molecule has 13 heavy (non-hydrogen) atoms. The molecular formula is C9H14N2O2. The van der Waals surface area contributed by atoms with Crippen LogP contribution in [0.3, 0.4) is 0 Å². The molecule has 1 heterocycles. The second-order valence-corrected chi connectivity index (χ2v) is 2.87. The van der Waals surface area contributed by atoms with Crippen molar-refractivity contribution in [2.24, 2.45) is 0 Å². The molecule has 0 bridgehead atoms. The molecule has 0 saturated heterocycles. The van der Waals surface area contributed by atoms with Crippen LogP contribution < -0.4 is 0 Å². The van der Waals surface area contributed by atoms with E-state index in [0.717, 1.165) is 17.8 Å². The number of carbonyl (C=O) groups excluding carboxylic acids is 1. The van der Waals surface area contributed by atoms with Gasteiger partial charge in [0.15, 0.2) is 0 Å². The zero-order chi connectivity index (χ0) is 9.84. The molecule has 0 aliphatic rings. The third kappa shape index (κ3) is 2.31. The number of hydrogen-bond donors (Lipinski definition) is 0. The van der Waals surface area contributed by atoms with E-state index in [0.29, 0.717) is 0 Å². The van der Waals surface area contributed by atoms with Gasteiger partial charge in [0.1, 0.15) is 0 Å². The number of esters is 1. The predicted molar refractivity (Wildman–Crippen MR) is 48.4 cm³/mol. The van der Waals surface area contributed by atoms with Crippen molar-refractivity contribution in [1.82, 2.24) is 9.78 Å². The van der Waals surface area contributed by atoms with Crippen molar-refractivity contribution in [3.05, 3.63) is 17.5 Å². The van der Waals surface area contributed by atoms with Crippen LogP contribution in [0.2, 0.25) is 0 Å². The molecule has 0 aromatic carbocycles. The van der Waals surface area contributed by atoms with Gasteiger partial charge in [-0.2, -0.15) is 5.10 Å². The first kappa shape index (κ1) is 9.77. The monoisotopic (exact) mass is 182 g/mol. The van der Waals surface area contributed by atoms with Crippen molar-refractivity contribution in [3.63, 3.8) is 0 Å². The van der Waals surface area contributed by atoms with E-state index in [1.54, 1.807) is 0 Å². The topological polar surface area (TPSA) is 44.1 Å². The first-order valence-corrected chi connectivity index (χ1v) is 4.27. The number of ether oxygens (including phenoxy) is 1. The number of hydrogen-bond acceptors (Lipinski definition) is 3. The van der Waals surface area contributed by atoms with Crippen LogP contribution in [0.15, 0.2) is 6.20 Å². The molecule has 0 radical (unpaired) electrons. The number of methoxy groups -OCH3 is 1. The van der Waals surface area contributed by atoms with Crippen LogP contribution >= 0.6 is 0 Å². The highest BCUT2D eigenvalue weighted by Gasteiger charge is 2.09. The van der Waals surface area contributed by atoms with E-state index in [1.165, 1.54) is 7.11 Å². The third-order valence-electron chi connectivity index (χ3n) is 1.91. The van der Waals surface area contributed by atoms with Crippen LogP contribution in [-0.4, -0.2) is 22.9 Å². The summed E-state index contributed by atoms with van der Waals surface area (Å²) in [5, 5.41) is 4.23. The van der Waals surface area contributed by atoms with Gasteiger partial charge >= 0.3 is 5.97 Å². The summed E-state index contributed by atoms with van der Waals surface area (Å²) in [5.74, 6) is -0.246. The molecule has 0 N–H and O–H groups in total. The molecule has 72 valence electrons. The van der Waals surface area contributed by atoms with Gasteiger partial charge in [0, 0.05) is 12.7 Å². The van der Waals surface area contributed by atoms with Crippen molar-refractivity contribution in [3.8, 4) is 0 Å². The molecule has 0 aliphatic heterocycles. The summed E-state index contributed by atoms with van der Waals surface area (Å²) in [6.07, 6.45) is 2.19. The van der Waals surface area contributed by atoms with Crippen LogP contribution in [0.4, 0.5) is 0 Å². The van der Waals surface area contributed by atoms with E-state index in [-0.39, 0.29) is 12.4 Å². The largest absolute Gasteiger partial charge is 0.469 e. The highest BCUT2D eigenvalue weighted by atomic mass is 16.5. The maximum absolute atomic E-state index is 11.0. The Kier molecular flexibility index (Phi) is 3.06. The zero-order valence-electron chi connectivity index (χ0n) is 8.20. The Hall–Kier alpha value is -1.32. The summed E-state index contributed by atoms with van der Waals surface area (Å²) in [6, 6.07) is 0. The fourth-order valence-electron chi connectivity index (χ4n) is 1.11. The Morgan fingerprint density at radius 2 is 2.38 bits per heavy atom. The van der Waals surface area contributed by atoms with Gasteiger partial charge in [0.05, 0.1) is 19.2 Å². The maximum Gasteiger partial charge on any atom is 0.311 e. The molecule has 1 aromatic rings. The maximum atomic E-state index is 11.0. The van der Waals surface area contributed by atoms with Crippen LogP contribution in [0.5, 0.6) is 0 Å². The summed E-state index contributed by atoms with van der Waals surface area (Å²) in [6.45, 7) is 4.77. The Morgan fingerprint density at radius 3 is 2.85 bits per heavy atom. The van der Waals surface area contributed by atoms with Gasteiger partial charge in [-0.3, -0.25) is 9.48 Å². The Bertz CT molecular complexity index is 305. The zero-order valence-corrected chi connectivity index (χ0v) is 8.20. The standard InChI is InChI=1S/C9H14N2O2/c1-4-11-6-7(2)8(10-11)5-9(12)13-3/h6H,4-5H2,1-3H3. The van der Waals surface area contributed by atoms with Crippen molar-refractivity contribution in [2.45, 2.75) is 26.8 Å². The number of aromatic nitrogens is 2. The molecule has 4 nitrogen and oxygen atoms in total. The van der Waals surface area contributed by atoms with E-state index in [9.17, 15) is 4.79 Å². The lowest BCUT2D eigenvalue weighted by Gasteiger charge is -1.96. The van der Waals surface area contributed by atoms with Crippen LogP contribution in [0, 0.1) is 6.92 Å². The Labute approximate surface area is 77.5 Å². The average molecular weight is 182 g/mol. The summed E-state index contributed by atoms with van der Waals surface area (Å²) < 4.78 is 6.38. The summed E-state index contributed by atoms with van der Waals surface area (Å²) in [7, 11) is 1.38. The number of nitrogens with zero attached hydrogens (tertiary/aromatic N) is 2. The van der Waals surface area contributed by atoms with Gasteiger partial charge < -0.3 is 4.74 Å². The number of carbonyl (C=O) groups is 1. The van der Waals surface area contributed by atoms with Gasteiger partial charge in [-0.1, -0.05) is 0 Å². The smallest absolute Gasteiger partial charge is 0.311 e. The molecule has 0 spiro atoms. The second-order valence-electron chi connectivity index (χ2n) is 2.87. The SMILES string of the molecule is CCn1cc(C)c(CC(=O)OC)n1. The molecule has 1 rings (SSSR count). The van der Waals surface area contributed by atoms with Crippen LogP contribution in [-0.2, 0) is 22.5 Å². The van der Waals surface area contributed by atoms with E-state index < -0.39 is 0 Å². The summed E-state index contributed by atoms with van der Waals surface area (Å²) in [4.78, 5) is 11.0. The highest BCUT2D eigenvalue weighted by molar-refractivity contribution is 5.72. The van der Waals surface area contributed by atoms with Gasteiger partial charge in [0.2, 0.25) is 0 Å². The Morgan fingerprint density at radius 1 is 1.69 bits per heavy atom. The minimum absolute atomic E-state index is 0.246. The van der Waals surface area contributed by atoms with Crippen molar-refractivity contribution in [1.29, 1.82) is 0 Å². The molecule has 0 atom stereocenters. The lowest BCUT2D eigenvalue weighted by Crippen LogP contribution is -2.06. The van der Waals surface area contributed by atoms with E-state index in [2.05, 4.69) is 9.84 Å². The minimum atomic E-state index is -0.246. The number of aryl methyl sites for hydroxylation is 2. The highest BCUT2D eigenvalue weighted by Crippen LogP contribution is 2.06. The molecule has 0 amide bonds. The fourth-order valence-corrected chi connectivity index (χ4v) is 1.11. The van der Waals surface area contributed by atoms with Gasteiger partial charge in [-0.25, -0.2) is 0 Å². The molecule has 0 unspecified atom stereocenters. The molecule has 0 aliphatic carbocycles. The lowest BCUT2D eigenvalue weighted by atomic mass is 10.2. The third-order valence-corrected chi connectivity index (χ3v) is 1.91. The van der Waals surface area contributed by atoms with Crippen LogP contribution in [0.25, 0.3) is 0 Å². The van der Waals surface area contributed by atoms with Crippen molar-refractivity contribution in [2.75, 3.05) is 7.11 Å². The molecular weight excluding hydrogens is 168 g/mol. The second kappa shape index (κ2) is 4.07. The molecule has 1 aromatic heterocycles. The molecule has 4 heteroatoms. The molecule has 0 saturated carbocycles. The first-order chi connectivity index (χ1) is 6.17. The average Bonchev–Trinajstić information content (AvgIpc) is 2.47. The summed E-state index contributed by atoms with van der Waals surface area (Å²) in [5.41, 5.74) is 1.83. The van der Waals surface area contributed by atoms with E-state index in [4.69, 9.17) is 0 Å². The van der Waals surface area contributed by atoms with Crippen molar-refractivity contribution >= 4 is 5.97 Å². The Balaban J connectivity index is 2.76. The normalized spacial score (nSPS) is 10.1. The first-order valence-electron chi connectivity index (χ1n) is 4.27.